The summed E-state index contributed by atoms with van der Waals surface area (Å²) in [5.74, 6) is 0. The molecule has 0 saturated heterocycles. The molecule has 9 heteroatoms. The fourth-order valence-electron chi connectivity index (χ4n) is 1.21. The number of halogens is 4. The highest BCUT2D eigenvalue weighted by Crippen LogP contribution is 2.40. The van der Waals surface area contributed by atoms with E-state index >= 15 is 0 Å². The predicted octanol–water partition coefficient (Wildman–Crippen LogP) is 3.41. The zero-order valence-corrected chi connectivity index (χ0v) is 11.1. The maximum Gasteiger partial charge on any atom is 0.446 e. The Morgan fingerprint density at radius 3 is 2.33 bits per heavy atom. The lowest BCUT2D eigenvalue weighted by Gasteiger charge is -2.10. The first kappa shape index (κ1) is 15.1. The molecule has 0 radical (unpaired) electrons. The SMILES string of the molecule is Cc1cc(S(=O)(=O)Cl)cc(SC(F)(F)F)c1C#N. The van der Waals surface area contributed by atoms with Gasteiger partial charge < -0.3 is 0 Å². The van der Waals surface area contributed by atoms with Gasteiger partial charge in [0.25, 0.3) is 9.05 Å². The Kier molecular flexibility index (Phi) is 4.20. The number of hydrogen-bond acceptors (Lipinski definition) is 4. The van der Waals surface area contributed by atoms with Gasteiger partial charge in [0.2, 0.25) is 0 Å². The monoisotopic (exact) mass is 315 g/mol. The van der Waals surface area contributed by atoms with Gasteiger partial charge in [-0.05, 0) is 36.4 Å². The number of rotatable bonds is 2. The van der Waals surface area contributed by atoms with E-state index in [1.807, 2.05) is 0 Å². The van der Waals surface area contributed by atoms with Crippen LogP contribution in [0, 0.1) is 18.3 Å². The van der Waals surface area contributed by atoms with Crippen LogP contribution in [0.15, 0.2) is 21.9 Å². The third-order valence-corrected chi connectivity index (χ3v) is 4.00. The molecule has 1 rings (SSSR count). The Balaban J connectivity index is 3.48. The third-order valence-electron chi connectivity index (χ3n) is 1.89. The molecule has 0 unspecified atom stereocenters. The minimum absolute atomic E-state index is 0.117. The highest BCUT2D eigenvalue weighted by molar-refractivity contribution is 8.13. The smallest absolute Gasteiger partial charge is 0.207 e. The van der Waals surface area contributed by atoms with Gasteiger partial charge in [-0.1, -0.05) is 0 Å². The van der Waals surface area contributed by atoms with Crippen LogP contribution < -0.4 is 0 Å². The second-order valence-corrected chi connectivity index (χ2v) is 6.88. The molecular weight excluding hydrogens is 311 g/mol. The second-order valence-electron chi connectivity index (χ2n) is 3.21. The summed E-state index contributed by atoms with van der Waals surface area (Å²) in [5.41, 5.74) is -4.72. The van der Waals surface area contributed by atoms with Crippen LogP contribution in [-0.2, 0) is 9.05 Å². The van der Waals surface area contributed by atoms with Crippen LogP contribution in [0.25, 0.3) is 0 Å². The van der Waals surface area contributed by atoms with Crippen LogP contribution in [-0.4, -0.2) is 13.9 Å². The first-order valence-electron chi connectivity index (χ1n) is 4.30. The van der Waals surface area contributed by atoms with Crippen LogP contribution in [0.2, 0.25) is 0 Å². The maximum atomic E-state index is 12.3. The molecule has 3 nitrogen and oxygen atoms in total. The van der Waals surface area contributed by atoms with Crippen LogP contribution in [0.4, 0.5) is 13.2 Å². The topological polar surface area (TPSA) is 57.9 Å². The number of alkyl halides is 3. The molecule has 0 heterocycles. The van der Waals surface area contributed by atoms with Crippen molar-refractivity contribution in [1.29, 1.82) is 5.26 Å². The molecule has 0 bridgehead atoms. The van der Waals surface area contributed by atoms with E-state index < -0.39 is 36.1 Å². The van der Waals surface area contributed by atoms with E-state index in [2.05, 4.69) is 0 Å². The van der Waals surface area contributed by atoms with Crippen LogP contribution in [0.3, 0.4) is 0 Å². The van der Waals surface area contributed by atoms with Gasteiger partial charge in [-0.25, -0.2) is 8.42 Å². The molecule has 0 aromatic heterocycles. The summed E-state index contributed by atoms with van der Waals surface area (Å²) < 4.78 is 59.1. The Morgan fingerprint density at radius 1 is 1.39 bits per heavy atom. The van der Waals surface area contributed by atoms with E-state index in [4.69, 9.17) is 15.9 Å². The van der Waals surface area contributed by atoms with Crippen molar-refractivity contribution in [2.24, 2.45) is 0 Å². The third kappa shape index (κ3) is 3.80. The number of nitrogens with zero attached hydrogens (tertiary/aromatic N) is 1. The molecule has 0 aliphatic heterocycles. The average Bonchev–Trinajstić information content (AvgIpc) is 2.13. The van der Waals surface area contributed by atoms with E-state index in [0.29, 0.717) is 0 Å². The zero-order chi connectivity index (χ0) is 14.1. The first-order valence-corrected chi connectivity index (χ1v) is 7.42. The van der Waals surface area contributed by atoms with Gasteiger partial charge in [0.05, 0.1) is 10.5 Å². The predicted molar refractivity (Wildman–Crippen MR) is 60.8 cm³/mol. The molecule has 0 N–H and O–H groups in total. The number of benzene rings is 1. The van der Waals surface area contributed by atoms with Crippen LogP contribution >= 0.6 is 22.4 Å². The summed E-state index contributed by atoms with van der Waals surface area (Å²) in [7, 11) is 0.922. The zero-order valence-electron chi connectivity index (χ0n) is 8.75. The minimum Gasteiger partial charge on any atom is -0.207 e. The van der Waals surface area contributed by atoms with E-state index in [9.17, 15) is 21.6 Å². The van der Waals surface area contributed by atoms with E-state index in [1.54, 1.807) is 6.07 Å². The standard InChI is InChI=1S/C9H5ClF3NO2S2/c1-5-2-6(18(10,15)16)3-8(7(5)4-14)17-9(11,12)13/h2-3H,1H3. The summed E-state index contributed by atoms with van der Waals surface area (Å²) in [6.07, 6.45) is 0. The molecule has 1 aromatic rings. The van der Waals surface area contributed by atoms with Crippen molar-refractivity contribution >= 4 is 31.5 Å². The van der Waals surface area contributed by atoms with Gasteiger partial charge in [-0.3, -0.25) is 0 Å². The molecule has 0 amide bonds. The molecule has 0 aliphatic carbocycles. The summed E-state index contributed by atoms with van der Waals surface area (Å²) in [6, 6.07) is 3.41. The molecule has 0 saturated carbocycles. The lowest BCUT2D eigenvalue weighted by atomic mass is 10.1. The number of thioether (sulfide) groups is 1. The summed E-state index contributed by atoms with van der Waals surface area (Å²) in [4.78, 5) is -0.948. The number of nitriles is 1. The van der Waals surface area contributed by atoms with Crippen molar-refractivity contribution < 1.29 is 21.6 Å². The Bertz CT molecular complexity index is 620. The Hall–Kier alpha value is -0.910. The molecule has 1 aromatic carbocycles. The van der Waals surface area contributed by atoms with Crippen molar-refractivity contribution in [2.45, 2.75) is 22.2 Å². The fraction of sp³-hybridized carbons (Fsp3) is 0.222. The molecule has 0 atom stereocenters. The molecule has 18 heavy (non-hydrogen) atoms. The van der Waals surface area contributed by atoms with Crippen molar-refractivity contribution in [3.8, 4) is 6.07 Å². The molecule has 0 fully saturated rings. The molecule has 0 spiro atoms. The Labute approximate surface area is 110 Å². The van der Waals surface area contributed by atoms with Gasteiger partial charge >= 0.3 is 5.51 Å². The van der Waals surface area contributed by atoms with Crippen LogP contribution in [0.1, 0.15) is 11.1 Å². The first-order chi connectivity index (χ1) is 8.04. The quantitative estimate of drug-likeness (QED) is 0.620. The van der Waals surface area contributed by atoms with Crippen molar-refractivity contribution in [3.63, 3.8) is 0 Å². The normalized spacial score (nSPS) is 12.2. The van der Waals surface area contributed by atoms with Crippen molar-refractivity contribution in [1.82, 2.24) is 0 Å². The molecular formula is C9H5ClF3NO2S2. The van der Waals surface area contributed by atoms with Gasteiger partial charge in [0.1, 0.15) is 6.07 Å². The fourth-order valence-corrected chi connectivity index (χ4v) is 2.87. The van der Waals surface area contributed by atoms with Crippen molar-refractivity contribution in [3.05, 3.63) is 23.3 Å². The molecule has 98 valence electrons. The van der Waals surface area contributed by atoms with E-state index in [1.165, 1.54) is 6.92 Å². The van der Waals surface area contributed by atoms with Crippen LogP contribution in [0.5, 0.6) is 0 Å². The molecule has 0 aliphatic rings. The summed E-state index contributed by atoms with van der Waals surface area (Å²) in [5, 5.41) is 8.78. The lowest BCUT2D eigenvalue weighted by molar-refractivity contribution is -0.0328. The van der Waals surface area contributed by atoms with Gasteiger partial charge in [-0.2, -0.15) is 18.4 Å². The minimum atomic E-state index is -4.62. The highest BCUT2D eigenvalue weighted by atomic mass is 35.7. The van der Waals surface area contributed by atoms with E-state index in [-0.39, 0.29) is 11.1 Å². The van der Waals surface area contributed by atoms with E-state index in [0.717, 1.165) is 12.1 Å². The maximum absolute atomic E-state index is 12.3. The Morgan fingerprint density at radius 2 is 1.94 bits per heavy atom. The highest BCUT2D eigenvalue weighted by Gasteiger charge is 2.31. The van der Waals surface area contributed by atoms with Gasteiger partial charge in [-0.15, -0.1) is 0 Å². The second kappa shape index (κ2) is 4.99. The van der Waals surface area contributed by atoms with Crippen molar-refractivity contribution in [2.75, 3.05) is 0 Å². The largest absolute Gasteiger partial charge is 0.446 e. The number of aryl methyl sites for hydroxylation is 1. The number of hydrogen-bond donors (Lipinski definition) is 0. The average molecular weight is 316 g/mol. The summed E-state index contributed by atoms with van der Waals surface area (Å²) >= 11 is -0.549. The van der Waals surface area contributed by atoms with Gasteiger partial charge in [0, 0.05) is 15.6 Å². The summed E-state index contributed by atoms with van der Waals surface area (Å²) in [6.45, 7) is 1.34. The van der Waals surface area contributed by atoms with Gasteiger partial charge in [0.15, 0.2) is 0 Å². The lowest BCUT2D eigenvalue weighted by Crippen LogP contribution is -2.03.